The number of amides is 1. The van der Waals surface area contributed by atoms with E-state index in [1.165, 1.54) is 5.56 Å². The van der Waals surface area contributed by atoms with E-state index < -0.39 is 0 Å². The zero-order valence-electron chi connectivity index (χ0n) is 13.1. The Morgan fingerprint density at radius 2 is 1.85 bits per heavy atom. The first-order valence-corrected chi connectivity index (χ1v) is 6.97. The number of hydrogen-bond acceptors (Lipinski definition) is 3. The van der Waals surface area contributed by atoms with Crippen molar-refractivity contribution in [2.75, 3.05) is 13.7 Å². The average molecular weight is 278 g/mol. The molecule has 20 heavy (non-hydrogen) atoms. The van der Waals surface area contributed by atoms with Gasteiger partial charge < -0.3 is 15.4 Å². The molecule has 0 radical (unpaired) electrons. The summed E-state index contributed by atoms with van der Waals surface area (Å²) in [5.74, 6) is 0.887. The molecule has 112 valence electrons. The lowest BCUT2D eigenvalue weighted by molar-refractivity contribution is -0.121. The fourth-order valence-electron chi connectivity index (χ4n) is 1.92. The largest absolute Gasteiger partial charge is 0.497 e. The summed E-state index contributed by atoms with van der Waals surface area (Å²) >= 11 is 0. The van der Waals surface area contributed by atoms with Gasteiger partial charge in [0.15, 0.2) is 0 Å². The molecule has 1 aromatic rings. The van der Waals surface area contributed by atoms with Gasteiger partial charge in [0.2, 0.25) is 5.91 Å². The number of benzene rings is 1. The van der Waals surface area contributed by atoms with Crippen LogP contribution < -0.4 is 15.4 Å². The summed E-state index contributed by atoms with van der Waals surface area (Å²) in [5.41, 5.74) is 1.04. The number of methoxy groups -OCH3 is 1. The van der Waals surface area contributed by atoms with E-state index in [1.807, 2.05) is 45.0 Å². The molecule has 0 spiro atoms. The summed E-state index contributed by atoms with van der Waals surface area (Å²) in [6, 6.07) is 8.25. The smallest absolute Gasteiger partial charge is 0.234 e. The molecule has 4 nitrogen and oxygen atoms in total. The third kappa shape index (κ3) is 6.57. The molecular weight excluding hydrogens is 252 g/mol. The summed E-state index contributed by atoms with van der Waals surface area (Å²) in [5, 5.41) is 6.17. The predicted octanol–water partition coefficient (Wildman–Crippen LogP) is 2.13. The number of ether oxygens (including phenoxy) is 1. The van der Waals surface area contributed by atoms with Crippen LogP contribution in [0.15, 0.2) is 24.3 Å². The number of hydrogen-bond donors (Lipinski definition) is 2. The van der Waals surface area contributed by atoms with Crippen LogP contribution in [0, 0.1) is 0 Å². The Balaban J connectivity index is 2.36. The molecule has 1 rings (SSSR count). The van der Waals surface area contributed by atoms with Gasteiger partial charge in [-0.2, -0.15) is 0 Å². The highest BCUT2D eigenvalue weighted by molar-refractivity contribution is 5.78. The quantitative estimate of drug-likeness (QED) is 0.838. The third-order valence-electron chi connectivity index (χ3n) is 2.83. The number of nitrogens with one attached hydrogen (secondary N) is 2. The van der Waals surface area contributed by atoms with Crippen LogP contribution in [0.25, 0.3) is 0 Å². The molecule has 0 aliphatic heterocycles. The molecule has 0 heterocycles. The SMILES string of the molecule is COc1ccc(CC(C)NCC(=O)NC(C)(C)C)cc1. The molecule has 0 aliphatic rings. The highest BCUT2D eigenvalue weighted by Gasteiger charge is 2.14. The standard InChI is InChI=1S/C16H26N2O2/c1-12(17-11-15(19)18-16(2,3)4)10-13-6-8-14(20-5)9-7-13/h6-9,12,17H,10-11H2,1-5H3,(H,18,19). The first kappa shape index (κ1) is 16.5. The maximum absolute atomic E-state index is 11.7. The third-order valence-corrected chi connectivity index (χ3v) is 2.83. The molecule has 0 saturated carbocycles. The van der Waals surface area contributed by atoms with E-state index in [-0.39, 0.29) is 17.5 Å². The Morgan fingerprint density at radius 3 is 2.35 bits per heavy atom. The summed E-state index contributed by atoms with van der Waals surface area (Å²) in [6.07, 6.45) is 0.882. The molecule has 0 bridgehead atoms. The normalized spacial score (nSPS) is 12.8. The molecular formula is C16H26N2O2. The van der Waals surface area contributed by atoms with Crippen LogP contribution in [-0.2, 0) is 11.2 Å². The van der Waals surface area contributed by atoms with Crippen molar-refractivity contribution >= 4 is 5.91 Å². The molecule has 0 fully saturated rings. The van der Waals surface area contributed by atoms with Gasteiger partial charge in [0.05, 0.1) is 13.7 Å². The molecule has 1 atom stereocenters. The Kier molecular flexibility index (Phi) is 6.02. The molecule has 1 aromatic carbocycles. The maximum Gasteiger partial charge on any atom is 0.234 e. The van der Waals surface area contributed by atoms with Gasteiger partial charge in [0.25, 0.3) is 0 Å². The lowest BCUT2D eigenvalue weighted by Gasteiger charge is -2.21. The zero-order chi connectivity index (χ0) is 15.2. The molecule has 0 aromatic heterocycles. The first-order valence-electron chi connectivity index (χ1n) is 6.97. The van der Waals surface area contributed by atoms with Gasteiger partial charge in [-0.15, -0.1) is 0 Å². The van der Waals surface area contributed by atoms with Crippen molar-refractivity contribution in [3.8, 4) is 5.75 Å². The van der Waals surface area contributed by atoms with Gasteiger partial charge in [-0.05, 0) is 51.8 Å². The Hall–Kier alpha value is -1.55. The van der Waals surface area contributed by atoms with Crippen molar-refractivity contribution in [2.24, 2.45) is 0 Å². The van der Waals surface area contributed by atoms with Crippen molar-refractivity contribution in [3.63, 3.8) is 0 Å². The molecule has 2 N–H and O–H groups in total. The van der Waals surface area contributed by atoms with Gasteiger partial charge in [-0.3, -0.25) is 4.79 Å². The van der Waals surface area contributed by atoms with Crippen molar-refractivity contribution < 1.29 is 9.53 Å². The number of carbonyl (C=O) groups is 1. The fraction of sp³-hybridized carbons (Fsp3) is 0.562. The monoisotopic (exact) mass is 278 g/mol. The lowest BCUT2D eigenvalue weighted by atomic mass is 10.1. The van der Waals surface area contributed by atoms with Crippen molar-refractivity contribution in [1.29, 1.82) is 0 Å². The maximum atomic E-state index is 11.7. The van der Waals surface area contributed by atoms with E-state index >= 15 is 0 Å². The van der Waals surface area contributed by atoms with Crippen LogP contribution in [0.5, 0.6) is 5.75 Å². The van der Waals surface area contributed by atoms with Gasteiger partial charge >= 0.3 is 0 Å². The minimum absolute atomic E-state index is 0.0269. The minimum atomic E-state index is -0.183. The topological polar surface area (TPSA) is 50.4 Å². The molecule has 1 amide bonds. The predicted molar refractivity (Wildman–Crippen MR) is 82.1 cm³/mol. The Morgan fingerprint density at radius 1 is 1.25 bits per heavy atom. The van der Waals surface area contributed by atoms with Crippen LogP contribution in [0.3, 0.4) is 0 Å². The van der Waals surface area contributed by atoms with Crippen LogP contribution in [0.2, 0.25) is 0 Å². The van der Waals surface area contributed by atoms with E-state index in [4.69, 9.17) is 4.74 Å². The van der Waals surface area contributed by atoms with E-state index in [0.29, 0.717) is 6.54 Å². The van der Waals surface area contributed by atoms with Crippen LogP contribution in [0.1, 0.15) is 33.3 Å². The summed E-state index contributed by atoms with van der Waals surface area (Å²) < 4.78 is 5.13. The van der Waals surface area contributed by atoms with Gasteiger partial charge in [-0.25, -0.2) is 0 Å². The van der Waals surface area contributed by atoms with Crippen LogP contribution in [-0.4, -0.2) is 31.1 Å². The number of carbonyl (C=O) groups excluding carboxylic acids is 1. The second-order valence-corrected chi connectivity index (χ2v) is 6.13. The lowest BCUT2D eigenvalue weighted by Crippen LogP contribution is -2.46. The van der Waals surface area contributed by atoms with Gasteiger partial charge in [-0.1, -0.05) is 12.1 Å². The first-order chi connectivity index (χ1) is 9.30. The van der Waals surface area contributed by atoms with E-state index in [2.05, 4.69) is 17.6 Å². The molecule has 4 heteroatoms. The molecule has 0 aliphatic carbocycles. The van der Waals surface area contributed by atoms with Gasteiger partial charge in [0, 0.05) is 11.6 Å². The Labute approximate surface area is 121 Å². The summed E-state index contributed by atoms with van der Waals surface area (Å²) in [6.45, 7) is 8.35. The zero-order valence-corrected chi connectivity index (χ0v) is 13.1. The van der Waals surface area contributed by atoms with E-state index in [0.717, 1.165) is 12.2 Å². The van der Waals surface area contributed by atoms with Crippen molar-refractivity contribution in [3.05, 3.63) is 29.8 Å². The Bertz CT molecular complexity index is 421. The highest BCUT2D eigenvalue weighted by atomic mass is 16.5. The minimum Gasteiger partial charge on any atom is -0.497 e. The fourth-order valence-corrected chi connectivity index (χ4v) is 1.92. The van der Waals surface area contributed by atoms with Crippen LogP contribution in [0.4, 0.5) is 0 Å². The van der Waals surface area contributed by atoms with Crippen molar-refractivity contribution in [1.82, 2.24) is 10.6 Å². The van der Waals surface area contributed by atoms with Crippen LogP contribution >= 0.6 is 0 Å². The number of rotatable bonds is 6. The van der Waals surface area contributed by atoms with E-state index in [1.54, 1.807) is 7.11 Å². The van der Waals surface area contributed by atoms with Gasteiger partial charge in [0.1, 0.15) is 5.75 Å². The molecule has 1 unspecified atom stereocenters. The second-order valence-electron chi connectivity index (χ2n) is 6.13. The highest BCUT2D eigenvalue weighted by Crippen LogP contribution is 2.12. The van der Waals surface area contributed by atoms with E-state index in [9.17, 15) is 4.79 Å². The summed E-state index contributed by atoms with van der Waals surface area (Å²) in [4.78, 5) is 11.7. The van der Waals surface area contributed by atoms with Crippen molar-refractivity contribution in [2.45, 2.75) is 45.7 Å². The average Bonchev–Trinajstić information content (AvgIpc) is 2.35. The second kappa shape index (κ2) is 7.29. The summed E-state index contributed by atoms with van der Waals surface area (Å²) in [7, 11) is 1.66. The molecule has 0 saturated heterocycles.